The number of hydrogen-bond donors (Lipinski definition) is 3. The molecule has 0 fully saturated rings. The number of aliphatic hydroxyl groups is 1. The molecule has 0 aliphatic rings. The van der Waals surface area contributed by atoms with Crippen molar-refractivity contribution in [3.8, 4) is 0 Å². The van der Waals surface area contributed by atoms with Crippen LogP contribution in [-0.2, 0) is 4.79 Å². The van der Waals surface area contributed by atoms with Crippen LogP contribution in [0.5, 0.6) is 0 Å². The van der Waals surface area contributed by atoms with Gasteiger partial charge in [0.2, 0.25) is 5.91 Å². The molecular formula is C13H20N2O2. The Morgan fingerprint density at radius 2 is 2.00 bits per heavy atom. The first-order chi connectivity index (χ1) is 8.01. The largest absolute Gasteiger partial charge is 0.394 e. The summed E-state index contributed by atoms with van der Waals surface area (Å²) in [5.41, 5.74) is 5.80. The molecule has 0 spiro atoms. The average molecular weight is 236 g/mol. The van der Waals surface area contributed by atoms with Crippen LogP contribution in [0.3, 0.4) is 0 Å². The fourth-order valence-corrected chi connectivity index (χ4v) is 1.37. The first kappa shape index (κ1) is 13.7. The van der Waals surface area contributed by atoms with E-state index in [0.29, 0.717) is 0 Å². The van der Waals surface area contributed by atoms with E-state index in [1.54, 1.807) is 13.8 Å². The molecule has 4 heteroatoms. The van der Waals surface area contributed by atoms with E-state index < -0.39 is 5.41 Å². The van der Waals surface area contributed by atoms with E-state index in [4.69, 9.17) is 5.73 Å². The van der Waals surface area contributed by atoms with Gasteiger partial charge in [-0.3, -0.25) is 4.79 Å². The third kappa shape index (κ3) is 3.54. The molecule has 0 saturated heterocycles. The second-order valence-corrected chi connectivity index (χ2v) is 4.71. The number of nitrogens with two attached hydrogens (primary N) is 1. The second-order valence-electron chi connectivity index (χ2n) is 4.71. The number of rotatable bonds is 5. The molecule has 0 radical (unpaired) electrons. The molecule has 1 unspecified atom stereocenters. The van der Waals surface area contributed by atoms with Gasteiger partial charge >= 0.3 is 0 Å². The van der Waals surface area contributed by atoms with Gasteiger partial charge in [-0.1, -0.05) is 30.3 Å². The Morgan fingerprint density at radius 1 is 1.41 bits per heavy atom. The Labute approximate surface area is 102 Å². The molecule has 1 amide bonds. The van der Waals surface area contributed by atoms with Crippen molar-refractivity contribution in [2.75, 3.05) is 13.2 Å². The van der Waals surface area contributed by atoms with Crippen LogP contribution in [0.1, 0.15) is 25.5 Å². The highest BCUT2D eigenvalue weighted by molar-refractivity contribution is 5.82. The van der Waals surface area contributed by atoms with Gasteiger partial charge < -0.3 is 16.2 Å². The highest BCUT2D eigenvalue weighted by atomic mass is 16.3. The molecule has 17 heavy (non-hydrogen) atoms. The number of nitrogens with one attached hydrogen (secondary N) is 1. The van der Waals surface area contributed by atoms with E-state index in [2.05, 4.69) is 5.32 Å². The van der Waals surface area contributed by atoms with Gasteiger partial charge in [0, 0.05) is 6.54 Å². The molecule has 94 valence electrons. The molecule has 0 aromatic heterocycles. The van der Waals surface area contributed by atoms with Crippen LogP contribution in [0.4, 0.5) is 0 Å². The summed E-state index contributed by atoms with van der Waals surface area (Å²) in [6.45, 7) is 3.70. The monoisotopic (exact) mass is 236 g/mol. The van der Waals surface area contributed by atoms with Crippen LogP contribution in [0.15, 0.2) is 30.3 Å². The van der Waals surface area contributed by atoms with Crippen molar-refractivity contribution in [1.29, 1.82) is 0 Å². The molecule has 1 atom stereocenters. The maximum Gasteiger partial charge on any atom is 0.227 e. The fourth-order valence-electron chi connectivity index (χ4n) is 1.37. The van der Waals surface area contributed by atoms with Gasteiger partial charge in [-0.05, 0) is 19.4 Å². The van der Waals surface area contributed by atoms with Crippen LogP contribution in [0.2, 0.25) is 0 Å². The van der Waals surface area contributed by atoms with E-state index in [1.807, 2.05) is 30.3 Å². The smallest absolute Gasteiger partial charge is 0.227 e. The predicted molar refractivity (Wildman–Crippen MR) is 67.2 cm³/mol. The van der Waals surface area contributed by atoms with Crippen LogP contribution < -0.4 is 11.1 Å². The number of carbonyl (C=O) groups is 1. The van der Waals surface area contributed by atoms with Crippen molar-refractivity contribution in [2.45, 2.75) is 19.9 Å². The molecule has 4 N–H and O–H groups in total. The number of aliphatic hydroxyl groups excluding tert-OH is 1. The SMILES string of the molecule is CC(C)(CN)C(=O)NC(CO)c1ccccc1. The first-order valence-corrected chi connectivity index (χ1v) is 5.68. The van der Waals surface area contributed by atoms with E-state index in [1.165, 1.54) is 0 Å². The Kier molecular flexibility index (Phi) is 4.66. The lowest BCUT2D eigenvalue weighted by atomic mass is 9.92. The minimum Gasteiger partial charge on any atom is -0.394 e. The van der Waals surface area contributed by atoms with Crippen molar-refractivity contribution in [1.82, 2.24) is 5.32 Å². The van der Waals surface area contributed by atoms with Crippen molar-refractivity contribution >= 4 is 5.91 Å². The lowest BCUT2D eigenvalue weighted by Crippen LogP contribution is -2.44. The lowest BCUT2D eigenvalue weighted by molar-refractivity contribution is -0.130. The van der Waals surface area contributed by atoms with Crippen LogP contribution >= 0.6 is 0 Å². The average Bonchev–Trinajstić information content (AvgIpc) is 2.36. The summed E-state index contributed by atoms with van der Waals surface area (Å²) >= 11 is 0. The summed E-state index contributed by atoms with van der Waals surface area (Å²) in [5, 5.41) is 12.1. The summed E-state index contributed by atoms with van der Waals surface area (Å²) < 4.78 is 0. The fraction of sp³-hybridized carbons (Fsp3) is 0.462. The summed E-state index contributed by atoms with van der Waals surface area (Å²) in [5.74, 6) is -0.150. The standard InChI is InChI=1S/C13H20N2O2/c1-13(2,9-14)12(17)15-11(8-16)10-6-4-3-5-7-10/h3-7,11,16H,8-9,14H2,1-2H3,(H,15,17). The Morgan fingerprint density at radius 3 is 2.47 bits per heavy atom. The van der Waals surface area contributed by atoms with Crippen LogP contribution in [0, 0.1) is 5.41 Å². The lowest BCUT2D eigenvalue weighted by Gasteiger charge is -2.25. The van der Waals surface area contributed by atoms with E-state index in [-0.39, 0.29) is 25.1 Å². The maximum atomic E-state index is 11.9. The van der Waals surface area contributed by atoms with E-state index >= 15 is 0 Å². The summed E-state index contributed by atoms with van der Waals surface area (Å²) in [6, 6.07) is 9.00. The molecule has 0 aliphatic carbocycles. The number of benzene rings is 1. The van der Waals surface area contributed by atoms with Gasteiger partial charge in [0.25, 0.3) is 0 Å². The number of carbonyl (C=O) groups excluding carboxylic acids is 1. The molecule has 0 aliphatic heterocycles. The molecule has 0 bridgehead atoms. The molecular weight excluding hydrogens is 216 g/mol. The van der Waals surface area contributed by atoms with Gasteiger partial charge in [-0.25, -0.2) is 0 Å². The topological polar surface area (TPSA) is 75.4 Å². The van der Waals surface area contributed by atoms with Crippen molar-refractivity contribution in [3.63, 3.8) is 0 Å². The Bertz CT molecular complexity index is 363. The van der Waals surface area contributed by atoms with Gasteiger partial charge in [-0.2, -0.15) is 0 Å². The van der Waals surface area contributed by atoms with E-state index in [9.17, 15) is 9.90 Å². The van der Waals surface area contributed by atoms with Gasteiger partial charge in [0.1, 0.15) is 0 Å². The molecule has 1 aromatic carbocycles. The number of amides is 1. The molecule has 1 rings (SSSR count). The van der Waals surface area contributed by atoms with Gasteiger partial charge in [0.15, 0.2) is 0 Å². The molecule has 4 nitrogen and oxygen atoms in total. The Balaban J connectivity index is 2.75. The minimum absolute atomic E-state index is 0.129. The third-order valence-corrected chi connectivity index (χ3v) is 2.81. The molecule has 0 saturated carbocycles. The normalized spacial score (nSPS) is 13.2. The zero-order chi connectivity index (χ0) is 12.9. The van der Waals surface area contributed by atoms with Crippen molar-refractivity contribution < 1.29 is 9.90 Å². The highest BCUT2D eigenvalue weighted by Crippen LogP contribution is 2.17. The van der Waals surface area contributed by atoms with Crippen LogP contribution in [0.25, 0.3) is 0 Å². The first-order valence-electron chi connectivity index (χ1n) is 5.68. The van der Waals surface area contributed by atoms with Crippen molar-refractivity contribution in [2.24, 2.45) is 11.1 Å². The summed E-state index contributed by atoms with van der Waals surface area (Å²) in [6.07, 6.45) is 0. The summed E-state index contributed by atoms with van der Waals surface area (Å²) in [7, 11) is 0. The number of hydrogen-bond acceptors (Lipinski definition) is 3. The Hall–Kier alpha value is -1.39. The van der Waals surface area contributed by atoms with Crippen LogP contribution in [-0.4, -0.2) is 24.2 Å². The van der Waals surface area contributed by atoms with E-state index in [0.717, 1.165) is 5.56 Å². The maximum absolute atomic E-state index is 11.9. The van der Waals surface area contributed by atoms with Gasteiger partial charge in [0.05, 0.1) is 18.1 Å². The summed E-state index contributed by atoms with van der Waals surface area (Å²) in [4.78, 5) is 11.9. The zero-order valence-electron chi connectivity index (χ0n) is 10.3. The quantitative estimate of drug-likeness (QED) is 0.708. The third-order valence-electron chi connectivity index (χ3n) is 2.81. The second kappa shape index (κ2) is 5.80. The highest BCUT2D eigenvalue weighted by Gasteiger charge is 2.27. The predicted octanol–water partition coefficient (Wildman–Crippen LogP) is 0.821. The molecule has 1 aromatic rings. The van der Waals surface area contributed by atoms with Crippen molar-refractivity contribution in [3.05, 3.63) is 35.9 Å². The van der Waals surface area contributed by atoms with Gasteiger partial charge in [-0.15, -0.1) is 0 Å². The zero-order valence-corrected chi connectivity index (χ0v) is 10.3. The minimum atomic E-state index is -0.623. The molecule has 0 heterocycles.